The minimum Gasteiger partial charge on any atom is -0.398 e. The highest BCUT2D eigenvalue weighted by Crippen LogP contribution is 2.20. The van der Waals surface area contributed by atoms with E-state index in [1.165, 1.54) is 17.5 Å². The van der Waals surface area contributed by atoms with Crippen LogP contribution in [-0.4, -0.2) is 0 Å². The van der Waals surface area contributed by atoms with Gasteiger partial charge in [-0.05, 0) is 36.6 Å². The van der Waals surface area contributed by atoms with Gasteiger partial charge >= 0.3 is 0 Å². The third-order valence-electron chi connectivity index (χ3n) is 1.30. The quantitative estimate of drug-likeness (QED) is 0.521. The summed E-state index contributed by atoms with van der Waals surface area (Å²) in [6.45, 7) is 6.01. The van der Waals surface area contributed by atoms with E-state index in [0.29, 0.717) is 0 Å². The van der Waals surface area contributed by atoms with E-state index in [0.717, 1.165) is 10.6 Å². The summed E-state index contributed by atoms with van der Waals surface area (Å²) in [5, 5.41) is 5.36. The van der Waals surface area contributed by atoms with Gasteiger partial charge in [0.1, 0.15) is 0 Å². The molecule has 0 unspecified atom stereocenters. The summed E-state index contributed by atoms with van der Waals surface area (Å²) in [5.74, 6) is 0. The largest absolute Gasteiger partial charge is 0.398 e. The van der Waals surface area contributed by atoms with E-state index in [9.17, 15) is 0 Å². The Morgan fingerprint density at radius 1 is 1.25 bits per heavy atom. The summed E-state index contributed by atoms with van der Waals surface area (Å²) in [4.78, 5) is 0.944. The van der Waals surface area contributed by atoms with E-state index in [-0.39, 0.29) is 0 Å². The Morgan fingerprint density at radius 3 is 2.25 bits per heavy atom. The second kappa shape index (κ2) is 5.91. The van der Waals surface area contributed by atoms with Gasteiger partial charge in [0.25, 0.3) is 0 Å². The smallest absolute Gasteiger partial charge is 0.0465 e. The number of hydrogen-bond acceptors (Lipinski definition) is 3. The molecule has 1 aromatic carbocycles. The van der Waals surface area contributed by atoms with Gasteiger partial charge in [-0.15, -0.1) is 0 Å². The van der Waals surface area contributed by atoms with E-state index in [1.807, 2.05) is 39.0 Å². The van der Waals surface area contributed by atoms with Gasteiger partial charge in [-0.25, -0.2) is 0 Å². The molecule has 0 spiro atoms. The van der Waals surface area contributed by atoms with E-state index in [2.05, 4.69) is 0 Å². The molecule has 0 aromatic heterocycles. The van der Waals surface area contributed by atoms with Crippen molar-refractivity contribution < 1.29 is 0 Å². The average Bonchev–Trinajstić information content (AvgIpc) is 2.13. The summed E-state index contributed by atoms with van der Waals surface area (Å²) in [6, 6.07) is 5.81. The van der Waals surface area contributed by atoms with Crippen LogP contribution in [0.3, 0.4) is 0 Å². The Hall–Kier alpha value is -0.670. The maximum absolute atomic E-state index is 5.60. The molecule has 0 aliphatic rings. The number of aryl methyl sites for hydroxylation is 1. The predicted molar refractivity (Wildman–Crippen MR) is 57.0 cm³/mol. The summed E-state index contributed by atoms with van der Waals surface area (Å²) in [6.07, 6.45) is 0. The monoisotopic (exact) mass is 184 g/mol. The van der Waals surface area contributed by atoms with Crippen molar-refractivity contribution in [3.63, 3.8) is 0 Å². The van der Waals surface area contributed by atoms with Crippen LogP contribution in [0, 0.1) is 6.92 Å². The van der Waals surface area contributed by atoms with Crippen LogP contribution in [0.25, 0.3) is 0 Å². The molecule has 0 radical (unpaired) electrons. The number of benzene rings is 1. The van der Waals surface area contributed by atoms with Crippen LogP contribution in [-0.2, 0) is 0 Å². The van der Waals surface area contributed by atoms with Crippen LogP contribution in [0.1, 0.15) is 19.4 Å². The van der Waals surface area contributed by atoms with E-state index < -0.39 is 0 Å². The highest BCUT2D eigenvalue weighted by Gasteiger charge is 1.95. The second-order valence-electron chi connectivity index (χ2n) is 2.16. The van der Waals surface area contributed by atoms with Crippen molar-refractivity contribution in [2.24, 2.45) is 5.14 Å². The molecule has 0 heterocycles. The van der Waals surface area contributed by atoms with E-state index >= 15 is 0 Å². The van der Waals surface area contributed by atoms with Crippen LogP contribution < -0.4 is 10.9 Å². The van der Waals surface area contributed by atoms with Crippen molar-refractivity contribution >= 4 is 17.6 Å². The molecule has 0 saturated carbocycles. The van der Waals surface area contributed by atoms with Gasteiger partial charge in [-0.1, -0.05) is 19.9 Å². The molecule has 4 N–H and O–H groups in total. The Bertz CT molecular complexity index is 236. The number of nitrogen functional groups attached to an aromatic ring is 1. The fourth-order valence-electron chi connectivity index (χ4n) is 0.744. The second-order valence-corrected chi connectivity index (χ2v) is 2.83. The van der Waals surface area contributed by atoms with Crippen LogP contribution in [0.2, 0.25) is 0 Å². The minimum atomic E-state index is 0.748. The van der Waals surface area contributed by atoms with Gasteiger partial charge in [-0.2, -0.15) is 0 Å². The number of hydrogen-bond donors (Lipinski definition) is 2. The molecule has 2 nitrogen and oxygen atoms in total. The maximum atomic E-state index is 5.60. The van der Waals surface area contributed by atoms with Crippen molar-refractivity contribution in [2.75, 3.05) is 5.73 Å². The lowest BCUT2D eigenvalue weighted by Crippen LogP contribution is -1.90. The summed E-state index contributed by atoms with van der Waals surface area (Å²) < 4.78 is 0. The summed E-state index contributed by atoms with van der Waals surface area (Å²) in [5.41, 5.74) is 7.53. The maximum Gasteiger partial charge on any atom is 0.0465 e. The third-order valence-corrected chi connectivity index (χ3v) is 1.90. The minimum absolute atomic E-state index is 0.748. The highest BCUT2D eigenvalue weighted by molar-refractivity contribution is 7.97. The molecule has 0 aliphatic carbocycles. The summed E-state index contributed by atoms with van der Waals surface area (Å²) in [7, 11) is 0. The average molecular weight is 184 g/mol. The lowest BCUT2D eigenvalue weighted by molar-refractivity contribution is 1.36. The molecule has 0 fully saturated rings. The first-order chi connectivity index (χ1) is 5.74. The topological polar surface area (TPSA) is 52.0 Å². The lowest BCUT2D eigenvalue weighted by atomic mass is 10.2. The van der Waals surface area contributed by atoms with Crippen molar-refractivity contribution in [1.82, 2.24) is 0 Å². The van der Waals surface area contributed by atoms with Crippen molar-refractivity contribution in [3.8, 4) is 0 Å². The van der Waals surface area contributed by atoms with Crippen molar-refractivity contribution in [1.29, 1.82) is 0 Å². The Balaban J connectivity index is 0.000000561. The first-order valence-electron chi connectivity index (χ1n) is 3.97. The molecule has 0 aliphatic heterocycles. The molecule has 1 rings (SSSR count). The lowest BCUT2D eigenvalue weighted by Gasteiger charge is -2.01. The van der Waals surface area contributed by atoms with Crippen LogP contribution >= 0.6 is 11.9 Å². The molecule has 0 amide bonds. The molecule has 3 heteroatoms. The molecule has 1 aromatic rings. The molecule has 12 heavy (non-hydrogen) atoms. The molecule has 0 bridgehead atoms. The van der Waals surface area contributed by atoms with Crippen LogP contribution in [0.5, 0.6) is 0 Å². The van der Waals surface area contributed by atoms with Gasteiger partial charge in [-0.3, -0.25) is 5.14 Å². The van der Waals surface area contributed by atoms with Crippen molar-refractivity contribution in [2.45, 2.75) is 25.7 Å². The molecule has 68 valence electrons. The van der Waals surface area contributed by atoms with Crippen molar-refractivity contribution in [3.05, 3.63) is 23.8 Å². The number of nitrogens with two attached hydrogens (primary N) is 2. The fraction of sp³-hybridized carbons (Fsp3) is 0.333. The predicted octanol–water partition coefficient (Wildman–Crippen LogP) is 2.57. The first kappa shape index (κ1) is 11.3. The Morgan fingerprint density at radius 2 is 1.83 bits per heavy atom. The number of anilines is 1. The van der Waals surface area contributed by atoms with Gasteiger partial charge < -0.3 is 5.73 Å². The fourth-order valence-corrected chi connectivity index (χ4v) is 1.20. The van der Waals surface area contributed by atoms with Gasteiger partial charge in [0, 0.05) is 10.6 Å². The first-order valence-corrected chi connectivity index (χ1v) is 4.85. The molecule has 0 saturated heterocycles. The molecular weight excluding hydrogens is 168 g/mol. The third kappa shape index (κ3) is 3.15. The van der Waals surface area contributed by atoms with E-state index in [4.69, 9.17) is 10.9 Å². The molecular formula is C9H16N2S. The Kier molecular flexibility index (Phi) is 5.58. The standard InChI is InChI=1S/C7H10N2S.C2H6/c1-5-2-3-6(8)7(4-5)10-9;1-2/h2-4H,8-9H2,1H3;1-2H3. The number of rotatable bonds is 1. The highest BCUT2D eigenvalue weighted by atomic mass is 32.2. The zero-order valence-corrected chi connectivity index (χ0v) is 8.61. The zero-order chi connectivity index (χ0) is 9.56. The van der Waals surface area contributed by atoms with E-state index in [1.54, 1.807) is 0 Å². The van der Waals surface area contributed by atoms with Gasteiger partial charge in [0.2, 0.25) is 0 Å². The zero-order valence-electron chi connectivity index (χ0n) is 7.79. The SMILES string of the molecule is CC.Cc1ccc(N)c(SN)c1. The van der Waals surface area contributed by atoms with Gasteiger partial charge in [0.05, 0.1) is 0 Å². The Labute approximate surface area is 78.5 Å². The van der Waals surface area contributed by atoms with Gasteiger partial charge in [0.15, 0.2) is 0 Å². The normalized spacial score (nSPS) is 8.67. The van der Waals surface area contributed by atoms with Crippen LogP contribution in [0.15, 0.2) is 23.1 Å². The molecule has 0 atom stereocenters. The summed E-state index contributed by atoms with van der Waals surface area (Å²) >= 11 is 1.18. The van der Waals surface area contributed by atoms with Crippen LogP contribution in [0.4, 0.5) is 5.69 Å².